The van der Waals surface area contributed by atoms with Gasteiger partial charge in [-0.05, 0) is 37.2 Å². The summed E-state index contributed by atoms with van der Waals surface area (Å²) in [6, 6.07) is 13.3. The molecule has 0 radical (unpaired) electrons. The Morgan fingerprint density at radius 2 is 2.00 bits per heavy atom. The Kier molecular flexibility index (Phi) is 3.30. The zero-order valence-electron chi connectivity index (χ0n) is 14.7. The lowest BCUT2D eigenvalue weighted by atomic mass is 10.0. The third kappa shape index (κ3) is 2.25. The highest BCUT2D eigenvalue weighted by Gasteiger charge is 2.22. The number of para-hydroxylation sites is 1. The molecule has 3 heterocycles. The summed E-state index contributed by atoms with van der Waals surface area (Å²) in [6.45, 7) is 4.14. The molecule has 2 aromatic carbocycles. The van der Waals surface area contributed by atoms with E-state index in [2.05, 4.69) is 69.8 Å². The summed E-state index contributed by atoms with van der Waals surface area (Å²) in [7, 11) is 4.28. The molecule has 25 heavy (non-hydrogen) atoms. The molecule has 0 bridgehead atoms. The predicted molar refractivity (Wildman–Crippen MR) is 104 cm³/mol. The van der Waals surface area contributed by atoms with Crippen molar-refractivity contribution in [3.8, 4) is 0 Å². The van der Waals surface area contributed by atoms with Crippen molar-refractivity contribution in [3.63, 3.8) is 0 Å². The lowest BCUT2D eigenvalue weighted by Gasteiger charge is -2.30. The van der Waals surface area contributed by atoms with Crippen LogP contribution in [0, 0.1) is 0 Å². The van der Waals surface area contributed by atoms with Gasteiger partial charge < -0.3 is 9.47 Å². The maximum atomic E-state index is 4.38. The molecule has 0 spiro atoms. The first-order chi connectivity index (χ1) is 12.2. The van der Waals surface area contributed by atoms with Gasteiger partial charge in [0.1, 0.15) is 0 Å². The molecular weight excluding hydrogens is 308 g/mol. The van der Waals surface area contributed by atoms with E-state index in [1.54, 1.807) is 0 Å². The molecule has 4 aromatic rings. The Morgan fingerprint density at radius 3 is 2.88 bits per heavy atom. The first kappa shape index (κ1) is 14.9. The lowest BCUT2D eigenvalue weighted by Crippen LogP contribution is -2.35. The highest BCUT2D eigenvalue weighted by atomic mass is 15.3. The number of benzene rings is 2. The van der Waals surface area contributed by atoms with Gasteiger partial charge >= 0.3 is 0 Å². The second-order valence-corrected chi connectivity index (χ2v) is 7.30. The smallest absolute Gasteiger partial charge is 0.0760 e. The van der Waals surface area contributed by atoms with E-state index in [1.807, 2.05) is 12.4 Å². The van der Waals surface area contributed by atoms with Crippen molar-refractivity contribution in [2.45, 2.75) is 13.2 Å². The van der Waals surface area contributed by atoms with Gasteiger partial charge in [-0.2, -0.15) is 0 Å². The fraction of sp³-hybridized carbons (Fsp3) is 0.286. The molecule has 1 aliphatic rings. The molecule has 0 unspecified atom stereocenters. The van der Waals surface area contributed by atoms with Gasteiger partial charge in [0.2, 0.25) is 0 Å². The summed E-state index contributed by atoms with van der Waals surface area (Å²) in [5, 5.41) is 5.22. The van der Waals surface area contributed by atoms with Gasteiger partial charge in [0.15, 0.2) is 0 Å². The molecule has 0 N–H and O–H groups in total. The molecule has 0 aliphatic carbocycles. The maximum Gasteiger partial charge on any atom is 0.0760 e. The van der Waals surface area contributed by atoms with Gasteiger partial charge in [0, 0.05) is 48.2 Å². The normalized spacial score (nSPS) is 15.0. The fourth-order valence-electron chi connectivity index (χ4n) is 4.15. The van der Waals surface area contributed by atoms with Gasteiger partial charge in [-0.3, -0.25) is 9.88 Å². The molecule has 1 aliphatic heterocycles. The van der Waals surface area contributed by atoms with Crippen LogP contribution in [-0.2, 0) is 13.2 Å². The summed E-state index contributed by atoms with van der Waals surface area (Å²) in [4.78, 5) is 9.17. The zero-order chi connectivity index (χ0) is 17.0. The van der Waals surface area contributed by atoms with Gasteiger partial charge in [0.25, 0.3) is 0 Å². The summed E-state index contributed by atoms with van der Waals surface area (Å²) in [5.41, 5.74) is 4.14. The summed E-state index contributed by atoms with van der Waals surface area (Å²) in [6.07, 6.45) is 3.88. The minimum absolute atomic E-state index is 0.955. The van der Waals surface area contributed by atoms with Crippen LogP contribution in [0.15, 0.2) is 48.8 Å². The predicted octanol–water partition coefficient (Wildman–Crippen LogP) is 3.68. The highest BCUT2D eigenvalue weighted by molar-refractivity contribution is 6.21. The quantitative estimate of drug-likeness (QED) is 0.573. The van der Waals surface area contributed by atoms with Gasteiger partial charge in [-0.25, -0.2) is 0 Å². The van der Waals surface area contributed by atoms with Crippen LogP contribution in [0.1, 0.15) is 5.56 Å². The van der Waals surface area contributed by atoms with Crippen molar-refractivity contribution in [2.75, 3.05) is 27.2 Å². The van der Waals surface area contributed by atoms with Crippen molar-refractivity contribution in [2.24, 2.45) is 0 Å². The minimum Gasteiger partial charge on any atom is -0.326 e. The first-order valence-corrected chi connectivity index (χ1v) is 8.86. The van der Waals surface area contributed by atoms with Crippen LogP contribution in [0.5, 0.6) is 0 Å². The van der Waals surface area contributed by atoms with Crippen LogP contribution in [0.25, 0.3) is 32.6 Å². The van der Waals surface area contributed by atoms with Crippen molar-refractivity contribution in [1.82, 2.24) is 19.4 Å². The van der Waals surface area contributed by atoms with Crippen LogP contribution in [0.4, 0.5) is 0 Å². The molecule has 0 fully saturated rings. The first-order valence-electron chi connectivity index (χ1n) is 8.86. The lowest BCUT2D eigenvalue weighted by molar-refractivity contribution is 0.186. The van der Waals surface area contributed by atoms with Crippen molar-refractivity contribution in [3.05, 3.63) is 54.4 Å². The van der Waals surface area contributed by atoms with E-state index in [9.17, 15) is 0 Å². The van der Waals surface area contributed by atoms with Crippen molar-refractivity contribution >= 4 is 32.6 Å². The third-order valence-electron chi connectivity index (χ3n) is 5.35. The monoisotopic (exact) mass is 330 g/mol. The van der Waals surface area contributed by atoms with E-state index in [0.717, 1.165) is 26.3 Å². The Hall–Kier alpha value is -2.43. The van der Waals surface area contributed by atoms with Crippen molar-refractivity contribution < 1.29 is 0 Å². The van der Waals surface area contributed by atoms with E-state index in [4.69, 9.17) is 0 Å². The topological polar surface area (TPSA) is 24.3 Å². The number of hydrogen-bond donors (Lipinski definition) is 0. The van der Waals surface area contributed by atoms with Crippen LogP contribution >= 0.6 is 0 Å². The number of hydrogen-bond acceptors (Lipinski definition) is 3. The SMILES string of the molecule is CN(C)CCN1Cc2cccc3c4c5cnccc5ccc4n(c23)C1. The Bertz CT molecular complexity index is 1090. The number of nitrogens with zero attached hydrogens (tertiary/aromatic N) is 4. The Labute approximate surface area is 147 Å². The second-order valence-electron chi connectivity index (χ2n) is 7.30. The second kappa shape index (κ2) is 5.55. The van der Waals surface area contributed by atoms with E-state index < -0.39 is 0 Å². The summed E-state index contributed by atoms with van der Waals surface area (Å²) >= 11 is 0. The molecule has 4 heteroatoms. The van der Waals surface area contributed by atoms with E-state index in [-0.39, 0.29) is 0 Å². The molecule has 5 rings (SSSR count). The standard InChI is InChI=1S/C21H22N4/c1-23(2)10-11-24-13-16-4-3-5-17-20-18-12-22-9-8-15(18)6-7-19(20)25(14-24)21(16)17/h3-9,12H,10-11,13-14H2,1-2H3. The molecule has 0 saturated carbocycles. The summed E-state index contributed by atoms with van der Waals surface area (Å²) < 4.78 is 2.49. The minimum atomic E-state index is 0.955. The van der Waals surface area contributed by atoms with E-state index in [0.29, 0.717) is 0 Å². The molecule has 0 saturated heterocycles. The maximum absolute atomic E-state index is 4.38. The largest absolute Gasteiger partial charge is 0.326 e. The van der Waals surface area contributed by atoms with E-state index >= 15 is 0 Å². The average molecular weight is 330 g/mol. The van der Waals surface area contributed by atoms with Crippen LogP contribution < -0.4 is 0 Å². The molecule has 4 nitrogen and oxygen atoms in total. The van der Waals surface area contributed by atoms with Gasteiger partial charge in [0.05, 0.1) is 17.7 Å². The molecular formula is C21H22N4. The zero-order valence-corrected chi connectivity index (χ0v) is 14.7. The number of rotatable bonds is 3. The average Bonchev–Trinajstić information content (AvgIpc) is 2.96. The third-order valence-corrected chi connectivity index (χ3v) is 5.35. The van der Waals surface area contributed by atoms with E-state index in [1.165, 1.54) is 38.1 Å². The molecule has 0 amide bonds. The van der Waals surface area contributed by atoms with Crippen LogP contribution in [0.2, 0.25) is 0 Å². The van der Waals surface area contributed by atoms with Gasteiger partial charge in [-0.1, -0.05) is 24.3 Å². The fourth-order valence-corrected chi connectivity index (χ4v) is 4.15. The molecule has 2 aromatic heterocycles. The van der Waals surface area contributed by atoms with Crippen LogP contribution in [0.3, 0.4) is 0 Å². The summed E-state index contributed by atoms with van der Waals surface area (Å²) in [5.74, 6) is 0. The van der Waals surface area contributed by atoms with Gasteiger partial charge in [-0.15, -0.1) is 0 Å². The number of fused-ring (bicyclic) bond motifs is 5. The number of pyridine rings is 1. The molecule has 126 valence electrons. The Morgan fingerprint density at radius 1 is 1.08 bits per heavy atom. The number of likely N-dealkylation sites (N-methyl/N-ethyl adjacent to an activating group) is 1. The van der Waals surface area contributed by atoms with Crippen LogP contribution in [-0.4, -0.2) is 46.5 Å². The van der Waals surface area contributed by atoms with Crippen molar-refractivity contribution in [1.29, 1.82) is 0 Å². The molecule has 0 atom stereocenters. The Balaban J connectivity index is 1.76. The highest BCUT2D eigenvalue weighted by Crippen LogP contribution is 2.38. The number of aromatic nitrogens is 2.